The van der Waals surface area contributed by atoms with E-state index in [-0.39, 0.29) is 35.2 Å². The van der Waals surface area contributed by atoms with Crippen molar-refractivity contribution in [3.8, 4) is 22.6 Å². The van der Waals surface area contributed by atoms with Crippen LogP contribution in [-0.2, 0) is 0 Å². The molecule has 0 heterocycles. The summed E-state index contributed by atoms with van der Waals surface area (Å²) >= 11 is 0. The number of benzene rings is 3. The van der Waals surface area contributed by atoms with Crippen molar-refractivity contribution in [1.29, 1.82) is 0 Å². The summed E-state index contributed by atoms with van der Waals surface area (Å²) in [5.74, 6) is -2.26. The first-order chi connectivity index (χ1) is 16.9. The number of halogens is 3. The summed E-state index contributed by atoms with van der Waals surface area (Å²) in [7, 11) is 0. The fourth-order valence-electron chi connectivity index (χ4n) is 4.44. The number of esters is 1. The van der Waals surface area contributed by atoms with E-state index >= 15 is 0 Å². The van der Waals surface area contributed by atoms with Crippen molar-refractivity contribution in [1.82, 2.24) is 0 Å². The lowest BCUT2D eigenvalue weighted by Gasteiger charge is -2.27. The van der Waals surface area contributed by atoms with Gasteiger partial charge in [0.25, 0.3) is 0 Å². The van der Waals surface area contributed by atoms with Crippen LogP contribution in [0.1, 0.15) is 54.4 Å². The van der Waals surface area contributed by atoms with E-state index in [2.05, 4.69) is 13.5 Å². The van der Waals surface area contributed by atoms with Crippen molar-refractivity contribution >= 4 is 5.97 Å². The van der Waals surface area contributed by atoms with Gasteiger partial charge in [0, 0.05) is 11.6 Å². The second kappa shape index (κ2) is 10.8. The highest BCUT2D eigenvalue weighted by Crippen LogP contribution is 2.38. The topological polar surface area (TPSA) is 35.5 Å². The van der Waals surface area contributed by atoms with Crippen molar-refractivity contribution in [2.75, 3.05) is 6.61 Å². The number of hydrogen-bond donors (Lipinski definition) is 0. The lowest BCUT2D eigenvalue weighted by Crippen LogP contribution is -2.13. The predicted octanol–water partition coefficient (Wildman–Crippen LogP) is 7.85. The van der Waals surface area contributed by atoms with Crippen molar-refractivity contribution in [2.24, 2.45) is 5.92 Å². The normalized spacial score (nSPS) is 17.6. The Bertz CT molecular complexity index is 1210. The van der Waals surface area contributed by atoms with Crippen molar-refractivity contribution in [3.05, 3.63) is 95.8 Å². The van der Waals surface area contributed by atoms with Gasteiger partial charge in [-0.25, -0.2) is 18.0 Å². The first-order valence-electron chi connectivity index (χ1n) is 11.7. The van der Waals surface area contributed by atoms with E-state index in [0.717, 1.165) is 31.7 Å². The van der Waals surface area contributed by atoms with E-state index in [9.17, 15) is 18.0 Å². The second-order valence-corrected chi connectivity index (χ2v) is 8.94. The average molecular weight is 481 g/mol. The molecule has 182 valence electrons. The average Bonchev–Trinajstić information content (AvgIpc) is 2.85. The number of rotatable bonds is 7. The van der Waals surface area contributed by atoms with Gasteiger partial charge < -0.3 is 9.47 Å². The highest BCUT2D eigenvalue weighted by atomic mass is 19.2. The van der Waals surface area contributed by atoms with Crippen LogP contribution in [-0.4, -0.2) is 12.6 Å². The van der Waals surface area contributed by atoms with Crippen LogP contribution in [0.15, 0.2) is 67.3 Å². The van der Waals surface area contributed by atoms with Crippen LogP contribution >= 0.6 is 0 Å². The highest BCUT2D eigenvalue weighted by Gasteiger charge is 2.25. The maximum Gasteiger partial charge on any atom is 0.346 e. The molecule has 4 rings (SSSR count). The van der Waals surface area contributed by atoms with E-state index < -0.39 is 23.4 Å². The Kier molecular flexibility index (Phi) is 7.59. The molecular formula is C29H27F3O3. The molecule has 3 nitrogen and oxygen atoms in total. The Morgan fingerprint density at radius 2 is 1.63 bits per heavy atom. The van der Waals surface area contributed by atoms with Crippen LogP contribution in [0.3, 0.4) is 0 Å². The summed E-state index contributed by atoms with van der Waals surface area (Å²) in [6.07, 6.45) is 5.29. The molecule has 0 radical (unpaired) electrons. The van der Waals surface area contributed by atoms with Gasteiger partial charge >= 0.3 is 5.97 Å². The molecule has 0 aliphatic heterocycles. The van der Waals surface area contributed by atoms with Crippen LogP contribution in [0.5, 0.6) is 11.5 Å². The SMILES string of the molecule is C=CCOc1ccc(C(=O)Oc2ccc(-c3ccc(C4CCC(C)CC4)c(F)c3F)cc2)c(F)c1. The maximum absolute atomic E-state index is 14.9. The number of ether oxygens (including phenoxy) is 2. The van der Waals surface area contributed by atoms with Gasteiger partial charge in [0.2, 0.25) is 0 Å². The minimum atomic E-state index is -0.883. The Hall–Kier alpha value is -3.54. The summed E-state index contributed by atoms with van der Waals surface area (Å²) in [6, 6.07) is 13.1. The third kappa shape index (κ3) is 5.59. The van der Waals surface area contributed by atoms with Crippen LogP contribution in [0.25, 0.3) is 11.1 Å². The van der Waals surface area contributed by atoms with Crippen LogP contribution < -0.4 is 9.47 Å². The molecule has 1 saturated carbocycles. The summed E-state index contributed by atoms with van der Waals surface area (Å²) in [6.45, 7) is 5.91. The molecule has 0 amide bonds. The molecule has 0 spiro atoms. The molecule has 0 atom stereocenters. The van der Waals surface area contributed by atoms with Crippen LogP contribution in [0.2, 0.25) is 0 Å². The quantitative estimate of drug-likeness (QED) is 0.196. The van der Waals surface area contributed by atoms with Gasteiger partial charge in [-0.05, 0) is 60.1 Å². The predicted molar refractivity (Wildman–Crippen MR) is 129 cm³/mol. The van der Waals surface area contributed by atoms with E-state index in [1.807, 2.05) is 0 Å². The molecule has 0 unspecified atom stereocenters. The number of carbonyl (C=O) groups is 1. The van der Waals surface area contributed by atoms with Gasteiger partial charge in [-0.2, -0.15) is 0 Å². The van der Waals surface area contributed by atoms with Gasteiger partial charge in [-0.3, -0.25) is 0 Å². The Balaban J connectivity index is 1.47. The molecular weight excluding hydrogens is 453 g/mol. The molecule has 0 bridgehead atoms. The van der Waals surface area contributed by atoms with Gasteiger partial charge in [-0.15, -0.1) is 0 Å². The van der Waals surface area contributed by atoms with Gasteiger partial charge in [0.05, 0.1) is 5.56 Å². The second-order valence-electron chi connectivity index (χ2n) is 8.94. The first kappa shape index (κ1) is 24.6. The molecule has 0 saturated heterocycles. The molecule has 1 aliphatic carbocycles. The minimum Gasteiger partial charge on any atom is -0.489 e. The smallest absolute Gasteiger partial charge is 0.346 e. The zero-order chi connectivity index (χ0) is 24.9. The molecule has 0 N–H and O–H groups in total. The monoisotopic (exact) mass is 480 g/mol. The van der Waals surface area contributed by atoms with E-state index in [1.165, 1.54) is 42.5 Å². The molecule has 1 aliphatic rings. The number of carbonyl (C=O) groups excluding carboxylic acids is 1. The minimum absolute atomic E-state index is 0.0412. The Labute approximate surface area is 203 Å². The summed E-state index contributed by atoms with van der Waals surface area (Å²) in [4.78, 5) is 12.4. The molecule has 3 aromatic carbocycles. The zero-order valence-corrected chi connectivity index (χ0v) is 19.5. The first-order valence-corrected chi connectivity index (χ1v) is 11.7. The zero-order valence-electron chi connectivity index (χ0n) is 19.5. The lowest BCUT2D eigenvalue weighted by atomic mass is 9.79. The molecule has 1 fully saturated rings. The summed E-state index contributed by atoms with van der Waals surface area (Å²) in [5, 5.41) is 0. The van der Waals surface area contributed by atoms with Gasteiger partial charge in [0.1, 0.15) is 23.9 Å². The fourth-order valence-corrected chi connectivity index (χ4v) is 4.44. The van der Waals surface area contributed by atoms with Gasteiger partial charge in [-0.1, -0.05) is 56.7 Å². The lowest BCUT2D eigenvalue weighted by molar-refractivity contribution is 0.0730. The van der Waals surface area contributed by atoms with Crippen molar-refractivity contribution in [2.45, 2.75) is 38.5 Å². The van der Waals surface area contributed by atoms with E-state index in [4.69, 9.17) is 9.47 Å². The molecule has 3 aromatic rings. The summed E-state index contributed by atoms with van der Waals surface area (Å²) in [5.41, 5.74) is 0.766. The third-order valence-electron chi connectivity index (χ3n) is 6.47. The Morgan fingerprint density at radius 1 is 0.943 bits per heavy atom. The maximum atomic E-state index is 14.9. The Morgan fingerprint density at radius 3 is 2.29 bits per heavy atom. The van der Waals surface area contributed by atoms with Crippen LogP contribution in [0, 0.1) is 23.4 Å². The van der Waals surface area contributed by atoms with Crippen molar-refractivity contribution < 1.29 is 27.4 Å². The summed E-state index contributed by atoms with van der Waals surface area (Å²) < 4.78 is 54.6. The van der Waals surface area contributed by atoms with E-state index in [1.54, 1.807) is 12.1 Å². The third-order valence-corrected chi connectivity index (χ3v) is 6.47. The standard InChI is InChI=1S/C29H27F3O3/c1-3-16-34-22-12-13-25(26(30)17-22)29(33)35-21-10-8-20(9-11-21)24-15-14-23(27(31)28(24)32)19-6-4-18(2)5-7-19/h3,8-15,17-19H,1,4-7,16H2,2H3. The van der Waals surface area contributed by atoms with Gasteiger partial charge in [0.15, 0.2) is 11.6 Å². The highest BCUT2D eigenvalue weighted by molar-refractivity contribution is 5.91. The van der Waals surface area contributed by atoms with Crippen molar-refractivity contribution in [3.63, 3.8) is 0 Å². The van der Waals surface area contributed by atoms with Crippen LogP contribution in [0.4, 0.5) is 13.2 Å². The molecule has 0 aromatic heterocycles. The molecule has 35 heavy (non-hydrogen) atoms. The van der Waals surface area contributed by atoms with E-state index in [0.29, 0.717) is 17.0 Å². The number of hydrogen-bond acceptors (Lipinski definition) is 3. The molecule has 6 heteroatoms. The largest absolute Gasteiger partial charge is 0.489 e. The fraction of sp³-hybridized carbons (Fsp3) is 0.276.